The molecule has 0 amide bonds. The second-order valence-electron chi connectivity index (χ2n) is 6.97. The summed E-state index contributed by atoms with van der Waals surface area (Å²) in [7, 11) is 0. The van der Waals surface area contributed by atoms with Gasteiger partial charge in [-0.1, -0.05) is 121 Å². The number of rotatable bonds is 6. The first-order chi connectivity index (χ1) is 14.7. The van der Waals surface area contributed by atoms with Crippen LogP contribution in [-0.4, -0.2) is 11.6 Å². The molecule has 144 valence electrons. The number of carbonyl (C=O) groups is 2. The predicted octanol–water partition coefficient (Wildman–Crippen LogP) is 6.32. The Morgan fingerprint density at radius 2 is 0.700 bits per heavy atom. The van der Waals surface area contributed by atoms with Crippen LogP contribution in [0.25, 0.3) is 12.2 Å². The Bertz CT molecular complexity index is 1070. The van der Waals surface area contributed by atoms with Crippen molar-refractivity contribution in [3.05, 3.63) is 143 Å². The number of benzene rings is 4. The van der Waals surface area contributed by atoms with Gasteiger partial charge in [0.05, 0.1) is 0 Å². The number of hydrogen-bond donors (Lipinski definition) is 0. The minimum Gasteiger partial charge on any atom is -0.289 e. The molecule has 0 spiro atoms. The maximum Gasteiger partial charge on any atom is 0.193 e. The molecule has 0 aliphatic carbocycles. The zero-order chi connectivity index (χ0) is 20.8. The normalized spacial score (nSPS) is 10.8. The highest BCUT2D eigenvalue weighted by molar-refractivity contribution is 6.09. The molecule has 0 bridgehead atoms. The Labute approximate surface area is 176 Å². The van der Waals surface area contributed by atoms with Crippen LogP contribution in [0.2, 0.25) is 0 Å². The molecule has 4 rings (SSSR count). The van der Waals surface area contributed by atoms with Crippen LogP contribution >= 0.6 is 0 Å². The summed E-state index contributed by atoms with van der Waals surface area (Å²) in [6.07, 6.45) is 3.98. The summed E-state index contributed by atoms with van der Waals surface area (Å²) < 4.78 is 0. The van der Waals surface area contributed by atoms with Gasteiger partial charge in [-0.2, -0.15) is 0 Å². The second-order valence-corrected chi connectivity index (χ2v) is 6.97. The first-order valence-corrected chi connectivity index (χ1v) is 9.78. The number of carbonyl (C=O) groups excluding carboxylic acids is 2. The Kier molecular flexibility index (Phi) is 5.77. The van der Waals surface area contributed by atoms with E-state index in [-0.39, 0.29) is 11.6 Å². The molecule has 0 aliphatic rings. The molecule has 0 aliphatic heterocycles. The molecule has 4 aromatic carbocycles. The molecule has 0 saturated carbocycles. The Balaban J connectivity index is 1.44. The van der Waals surface area contributed by atoms with Gasteiger partial charge in [0.1, 0.15) is 0 Å². The average molecular weight is 388 g/mol. The van der Waals surface area contributed by atoms with Crippen LogP contribution in [0.3, 0.4) is 0 Å². The lowest BCUT2D eigenvalue weighted by molar-refractivity contribution is 0.103. The van der Waals surface area contributed by atoms with E-state index in [0.29, 0.717) is 22.3 Å². The fourth-order valence-electron chi connectivity index (χ4n) is 3.20. The van der Waals surface area contributed by atoms with Crippen molar-refractivity contribution in [1.82, 2.24) is 0 Å². The highest BCUT2D eigenvalue weighted by Crippen LogP contribution is 2.15. The van der Waals surface area contributed by atoms with Gasteiger partial charge in [0.2, 0.25) is 0 Å². The van der Waals surface area contributed by atoms with Gasteiger partial charge in [0, 0.05) is 22.3 Å². The van der Waals surface area contributed by atoms with Crippen LogP contribution in [-0.2, 0) is 0 Å². The van der Waals surface area contributed by atoms with Crippen LogP contribution in [0.15, 0.2) is 109 Å². The topological polar surface area (TPSA) is 34.1 Å². The predicted molar refractivity (Wildman–Crippen MR) is 122 cm³/mol. The summed E-state index contributed by atoms with van der Waals surface area (Å²) in [4.78, 5) is 25.0. The fourth-order valence-corrected chi connectivity index (χ4v) is 3.20. The van der Waals surface area contributed by atoms with Crippen LogP contribution in [0.1, 0.15) is 43.0 Å². The van der Waals surface area contributed by atoms with E-state index in [4.69, 9.17) is 0 Å². The van der Waals surface area contributed by atoms with E-state index in [1.165, 1.54) is 0 Å². The quantitative estimate of drug-likeness (QED) is 0.286. The number of hydrogen-bond acceptors (Lipinski definition) is 2. The summed E-state index contributed by atoms with van der Waals surface area (Å²) in [5, 5.41) is 0. The molecule has 0 aromatic heterocycles. The van der Waals surface area contributed by atoms with E-state index in [1.54, 1.807) is 0 Å². The van der Waals surface area contributed by atoms with Gasteiger partial charge in [0.25, 0.3) is 0 Å². The smallest absolute Gasteiger partial charge is 0.193 e. The molecular formula is C28H20O2. The van der Waals surface area contributed by atoms with E-state index in [9.17, 15) is 9.59 Å². The third kappa shape index (κ3) is 4.50. The van der Waals surface area contributed by atoms with Gasteiger partial charge >= 0.3 is 0 Å². The van der Waals surface area contributed by atoms with Crippen molar-refractivity contribution in [2.75, 3.05) is 0 Å². The first kappa shape index (κ1) is 19.3. The van der Waals surface area contributed by atoms with E-state index >= 15 is 0 Å². The van der Waals surface area contributed by atoms with Gasteiger partial charge in [0.15, 0.2) is 11.6 Å². The molecule has 0 N–H and O–H groups in total. The van der Waals surface area contributed by atoms with E-state index in [1.807, 2.05) is 121 Å². The summed E-state index contributed by atoms with van der Waals surface area (Å²) >= 11 is 0. The largest absolute Gasteiger partial charge is 0.289 e. The third-order valence-corrected chi connectivity index (χ3v) is 4.89. The zero-order valence-electron chi connectivity index (χ0n) is 16.4. The summed E-state index contributed by atoms with van der Waals surface area (Å²) in [5.74, 6) is 0.0367. The maximum absolute atomic E-state index is 12.5. The SMILES string of the molecule is O=C(c1ccccc1)c1ccc(/C=C/c2ccc(C(=O)c3ccccc3)cc2)cc1. The van der Waals surface area contributed by atoms with Crippen molar-refractivity contribution >= 4 is 23.7 Å². The van der Waals surface area contributed by atoms with Gasteiger partial charge in [-0.25, -0.2) is 0 Å². The van der Waals surface area contributed by atoms with Gasteiger partial charge in [-0.3, -0.25) is 9.59 Å². The highest BCUT2D eigenvalue weighted by atomic mass is 16.1. The molecule has 0 heterocycles. The number of ketones is 2. The lowest BCUT2D eigenvalue weighted by atomic mass is 10.0. The van der Waals surface area contributed by atoms with Crippen molar-refractivity contribution in [3.8, 4) is 0 Å². The molecule has 30 heavy (non-hydrogen) atoms. The highest BCUT2D eigenvalue weighted by Gasteiger charge is 2.08. The van der Waals surface area contributed by atoms with Crippen molar-refractivity contribution in [1.29, 1.82) is 0 Å². The summed E-state index contributed by atoms with van der Waals surface area (Å²) in [6.45, 7) is 0. The van der Waals surface area contributed by atoms with Gasteiger partial charge < -0.3 is 0 Å². The maximum atomic E-state index is 12.5. The Hall–Kier alpha value is -4.04. The minimum atomic E-state index is 0.0183. The summed E-state index contributed by atoms with van der Waals surface area (Å²) in [5.41, 5.74) is 4.72. The molecule has 4 aromatic rings. The summed E-state index contributed by atoms with van der Waals surface area (Å²) in [6, 6.07) is 33.6. The molecule has 0 saturated heterocycles. The van der Waals surface area contributed by atoms with Crippen LogP contribution in [0.5, 0.6) is 0 Å². The average Bonchev–Trinajstić information content (AvgIpc) is 2.83. The fraction of sp³-hybridized carbons (Fsp3) is 0. The monoisotopic (exact) mass is 388 g/mol. The van der Waals surface area contributed by atoms with Crippen LogP contribution in [0.4, 0.5) is 0 Å². The van der Waals surface area contributed by atoms with E-state index in [0.717, 1.165) is 11.1 Å². The zero-order valence-corrected chi connectivity index (χ0v) is 16.4. The van der Waals surface area contributed by atoms with Crippen molar-refractivity contribution < 1.29 is 9.59 Å². The lowest BCUT2D eigenvalue weighted by Crippen LogP contribution is -2.00. The minimum absolute atomic E-state index is 0.0183. The van der Waals surface area contributed by atoms with E-state index < -0.39 is 0 Å². The van der Waals surface area contributed by atoms with Crippen molar-refractivity contribution in [2.24, 2.45) is 0 Å². The van der Waals surface area contributed by atoms with Crippen molar-refractivity contribution in [3.63, 3.8) is 0 Å². The molecule has 0 fully saturated rings. The second kappa shape index (κ2) is 8.97. The molecule has 2 heteroatoms. The van der Waals surface area contributed by atoms with E-state index in [2.05, 4.69) is 0 Å². The molecule has 0 radical (unpaired) electrons. The molecule has 2 nitrogen and oxygen atoms in total. The van der Waals surface area contributed by atoms with Gasteiger partial charge in [-0.05, 0) is 11.1 Å². The third-order valence-electron chi connectivity index (χ3n) is 4.89. The Morgan fingerprint density at radius 3 is 1.03 bits per heavy atom. The molecule has 0 atom stereocenters. The van der Waals surface area contributed by atoms with Crippen LogP contribution < -0.4 is 0 Å². The molecule has 0 unspecified atom stereocenters. The Morgan fingerprint density at radius 1 is 0.400 bits per heavy atom. The standard InChI is InChI=1S/C28H20O2/c29-27(23-7-3-1-4-8-23)25-17-13-21(14-18-25)11-12-22-15-19-26(20-16-22)28(30)24-9-5-2-6-10-24/h1-20H/b12-11+. The van der Waals surface area contributed by atoms with Gasteiger partial charge in [-0.15, -0.1) is 0 Å². The first-order valence-electron chi connectivity index (χ1n) is 9.78. The lowest BCUT2D eigenvalue weighted by Gasteiger charge is -2.03. The molecular weight excluding hydrogens is 368 g/mol. The van der Waals surface area contributed by atoms with Crippen LogP contribution in [0, 0.1) is 0 Å². The van der Waals surface area contributed by atoms with Crippen molar-refractivity contribution in [2.45, 2.75) is 0 Å².